The number of amidine groups is 1. The highest BCUT2D eigenvalue weighted by atomic mass is 32.2. The Morgan fingerprint density at radius 3 is 2.29 bits per heavy atom. The summed E-state index contributed by atoms with van der Waals surface area (Å²) < 4.78 is 5.80. The fourth-order valence-corrected chi connectivity index (χ4v) is 3.49. The quantitative estimate of drug-likeness (QED) is 0.617. The van der Waals surface area contributed by atoms with Crippen LogP contribution in [0.1, 0.15) is 11.1 Å². The van der Waals surface area contributed by atoms with Gasteiger partial charge in [0.15, 0.2) is 5.17 Å². The van der Waals surface area contributed by atoms with Crippen LogP contribution in [0.15, 0.2) is 94.8 Å². The van der Waals surface area contributed by atoms with E-state index in [1.165, 1.54) is 11.8 Å². The highest BCUT2D eigenvalue weighted by Crippen LogP contribution is 2.28. The van der Waals surface area contributed by atoms with Gasteiger partial charge >= 0.3 is 0 Å². The predicted molar refractivity (Wildman–Crippen MR) is 114 cm³/mol. The third-order valence-electron chi connectivity index (χ3n) is 4.06. The van der Waals surface area contributed by atoms with Crippen LogP contribution >= 0.6 is 11.8 Å². The minimum absolute atomic E-state index is 0.135. The van der Waals surface area contributed by atoms with Gasteiger partial charge in [-0.3, -0.25) is 4.79 Å². The monoisotopic (exact) mass is 386 g/mol. The molecule has 4 nitrogen and oxygen atoms in total. The Kier molecular flexibility index (Phi) is 5.54. The number of nitrogens with one attached hydrogen (secondary N) is 1. The Morgan fingerprint density at radius 1 is 0.893 bits per heavy atom. The molecule has 3 aromatic carbocycles. The van der Waals surface area contributed by atoms with Crippen LogP contribution in [0.4, 0.5) is 5.69 Å². The second-order valence-electron chi connectivity index (χ2n) is 6.16. The Hall–Kier alpha value is -3.31. The summed E-state index contributed by atoms with van der Waals surface area (Å²) in [5.41, 5.74) is 2.87. The zero-order valence-corrected chi connectivity index (χ0v) is 15.9. The molecular weight excluding hydrogens is 368 g/mol. The minimum Gasteiger partial charge on any atom is -0.489 e. The van der Waals surface area contributed by atoms with E-state index < -0.39 is 0 Å². The van der Waals surface area contributed by atoms with Gasteiger partial charge in [-0.25, -0.2) is 4.99 Å². The zero-order valence-electron chi connectivity index (χ0n) is 15.0. The molecule has 1 aliphatic rings. The molecule has 1 saturated heterocycles. The van der Waals surface area contributed by atoms with E-state index >= 15 is 0 Å². The number of amides is 1. The van der Waals surface area contributed by atoms with Crippen LogP contribution < -0.4 is 10.1 Å². The maximum absolute atomic E-state index is 12.2. The van der Waals surface area contributed by atoms with E-state index in [0.717, 1.165) is 22.6 Å². The van der Waals surface area contributed by atoms with Gasteiger partial charge in [-0.15, -0.1) is 0 Å². The maximum atomic E-state index is 12.2. The number of aliphatic imine (C=N–C) groups is 1. The molecule has 1 fully saturated rings. The van der Waals surface area contributed by atoms with Gasteiger partial charge in [0.1, 0.15) is 12.4 Å². The first-order chi connectivity index (χ1) is 13.8. The SMILES string of the molecule is O=C1NC(=Nc2ccccc2)S/C1=C/c1ccc(OCc2ccccc2)cc1. The van der Waals surface area contributed by atoms with Gasteiger partial charge in [0.25, 0.3) is 5.91 Å². The predicted octanol–water partition coefficient (Wildman–Crippen LogP) is 5.16. The van der Waals surface area contributed by atoms with E-state index in [9.17, 15) is 4.79 Å². The lowest BCUT2D eigenvalue weighted by Crippen LogP contribution is -2.19. The Bertz CT molecular complexity index is 1010. The van der Waals surface area contributed by atoms with Crippen LogP contribution in [-0.2, 0) is 11.4 Å². The summed E-state index contributed by atoms with van der Waals surface area (Å²) in [4.78, 5) is 17.3. The molecule has 1 N–H and O–H groups in total. The lowest BCUT2D eigenvalue weighted by atomic mass is 10.2. The van der Waals surface area contributed by atoms with Crippen LogP contribution in [0.2, 0.25) is 0 Å². The number of rotatable bonds is 5. The Balaban J connectivity index is 1.41. The van der Waals surface area contributed by atoms with Crippen molar-refractivity contribution in [3.63, 3.8) is 0 Å². The van der Waals surface area contributed by atoms with Crippen LogP contribution in [-0.4, -0.2) is 11.1 Å². The van der Waals surface area contributed by atoms with Gasteiger partial charge in [0, 0.05) is 0 Å². The summed E-state index contributed by atoms with van der Waals surface area (Å²) in [5, 5.41) is 3.39. The number of hydrogen-bond acceptors (Lipinski definition) is 4. The molecule has 0 aromatic heterocycles. The van der Waals surface area contributed by atoms with Crippen molar-refractivity contribution in [1.29, 1.82) is 0 Å². The fourth-order valence-electron chi connectivity index (χ4n) is 2.65. The molecule has 0 atom stereocenters. The molecule has 0 bridgehead atoms. The number of hydrogen-bond donors (Lipinski definition) is 1. The average molecular weight is 386 g/mol. The van der Waals surface area contributed by atoms with Crippen molar-refractivity contribution in [1.82, 2.24) is 5.32 Å². The van der Waals surface area contributed by atoms with E-state index in [1.54, 1.807) is 0 Å². The van der Waals surface area contributed by atoms with Crippen LogP contribution in [0.3, 0.4) is 0 Å². The van der Waals surface area contributed by atoms with Crippen molar-refractivity contribution in [3.8, 4) is 5.75 Å². The maximum Gasteiger partial charge on any atom is 0.264 e. The second-order valence-corrected chi connectivity index (χ2v) is 7.19. The van der Waals surface area contributed by atoms with Crippen LogP contribution in [0.25, 0.3) is 6.08 Å². The Labute approximate surface area is 168 Å². The highest BCUT2D eigenvalue weighted by Gasteiger charge is 2.23. The van der Waals surface area contributed by atoms with Crippen molar-refractivity contribution in [2.45, 2.75) is 6.61 Å². The highest BCUT2D eigenvalue weighted by molar-refractivity contribution is 8.18. The molecule has 4 rings (SSSR count). The fraction of sp³-hybridized carbons (Fsp3) is 0.0435. The molecule has 0 radical (unpaired) electrons. The lowest BCUT2D eigenvalue weighted by Gasteiger charge is -2.06. The molecule has 0 saturated carbocycles. The normalized spacial score (nSPS) is 16.4. The van der Waals surface area contributed by atoms with Crippen molar-refractivity contribution in [3.05, 3.63) is 101 Å². The lowest BCUT2D eigenvalue weighted by molar-refractivity contribution is -0.115. The van der Waals surface area contributed by atoms with Gasteiger partial charge in [-0.1, -0.05) is 60.7 Å². The van der Waals surface area contributed by atoms with E-state index in [1.807, 2.05) is 91.0 Å². The summed E-state index contributed by atoms with van der Waals surface area (Å²) >= 11 is 1.34. The largest absolute Gasteiger partial charge is 0.489 e. The number of ether oxygens (including phenoxy) is 1. The standard InChI is InChI=1S/C23H18N2O2S/c26-22-21(28-23(25-22)24-19-9-5-2-6-10-19)15-17-11-13-20(14-12-17)27-16-18-7-3-1-4-8-18/h1-15H,16H2,(H,24,25,26)/b21-15+. The number of carbonyl (C=O) groups is 1. The molecule has 1 aliphatic heterocycles. The molecule has 138 valence electrons. The Morgan fingerprint density at radius 2 is 1.57 bits per heavy atom. The van der Waals surface area contributed by atoms with Crippen LogP contribution in [0, 0.1) is 0 Å². The van der Waals surface area contributed by atoms with Crippen molar-refractivity contribution in [2.24, 2.45) is 4.99 Å². The summed E-state index contributed by atoms with van der Waals surface area (Å²) in [5.74, 6) is 0.657. The van der Waals surface area contributed by atoms with Gasteiger partial charge in [0.2, 0.25) is 0 Å². The van der Waals surface area contributed by atoms with Gasteiger partial charge < -0.3 is 10.1 Å². The molecule has 1 heterocycles. The van der Waals surface area contributed by atoms with E-state index in [2.05, 4.69) is 10.3 Å². The topological polar surface area (TPSA) is 50.7 Å². The summed E-state index contributed by atoms with van der Waals surface area (Å²) in [6.07, 6.45) is 1.86. The number of benzene rings is 3. The van der Waals surface area contributed by atoms with E-state index in [0.29, 0.717) is 16.7 Å². The first kappa shape index (κ1) is 18.1. The van der Waals surface area contributed by atoms with E-state index in [-0.39, 0.29) is 5.91 Å². The third kappa shape index (κ3) is 4.69. The summed E-state index contributed by atoms with van der Waals surface area (Å²) in [6.45, 7) is 0.527. The molecular formula is C23H18N2O2S. The number of nitrogens with zero attached hydrogens (tertiary/aromatic N) is 1. The van der Waals surface area contributed by atoms with Gasteiger partial charge in [-0.05, 0) is 53.2 Å². The molecule has 28 heavy (non-hydrogen) atoms. The molecule has 0 spiro atoms. The molecule has 1 amide bonds. The summed E-state index contributed by atoms with van der Waals surface area (Å²) in [6, 6.07) is 27.3. The third-order valence-corrected chi connectivity index (χ3v) is 4.97. The first-order valence-electron chi connectivity index (χ1n) is 8.88. The number of para-hydroxylation sites is 1. The molecule has 3 aromatic rings. The number of thioether (sulfide) groups is 1. The van der Waals surface area contributed by atoms with Gasteiger partial charge in [0.05, 0.1) is 10.6 Å². The minimum atomic E-state index is -0.135. The first-order valence-corrected chi connectivity index (χ1v) is 9.69. The molecule has 0 unspecified atom stereocenters. The number of carbonyl (C=O) groups excluding carboxylic acids is 1. The van der Waals surface area contributed by atoms with Gasteiger partial charge in [-0.2, -0.15) is 0 Å². The molecule has 5 heteroatoms. The van der Waals surface area contributed by atoms with Crippen molar-refractivity contribution < 1.29 is 9.53 Å². The second kappa shape index (κ2) is 8.59. The van der Waals surface area contributed by atoms with Crippen molar-refractivity contribution >= 4 is 34.6 Å². The van der Waals surface area contributed by atoms with E-state index in [4.69, 9.17) is 4.74 Å². The van der Waals surface area contributed by atoms with Crippen LogP contribution in [0.5, 0.6) is 5.75 Å². The smallest absolute Gasteiger partial charge is 0.264 e. The van der Waals surface area contributed by atoms with Crippen molar-refractivity contribution in [2.75, 3.05) is 0 Å². The molecule has 0 aliphatic carbocycles. The summed E-state index contributed by atoms with van der Waals surface area (Å²) in [7, 11) is 0. The zero-order chi connectivity index (χ0) is 19.2. The average Bonchev–Trinajstić information content (AvgIpc) is 3.07.